The lowest BCUT2D eigenvalue weighted by atomic mass is 9.97. The molecule has 0 unspecified atom stereocenters. The SMILES string of the molecule is COC(=O)CCN(CCC1=CCCCC1)C(=O)c1ccc(Cl)c(Cl)c1. The topological polar surface area (TPSA) is 46.6 Å². The van der Waals surface area contributed by atoms with Gasteiger partial charge < -0.3 is 9.64 Å². The summed E-state index contributed by atoms with van der Waals surface area (Å²) >= 11 is 11.9. The van der Waals surface area contributed by atoms with Crippen LogP contribution in [0.4, 0.5) is 0 Å². The summed E-state index contributed by atoms with van der Waals surface area (Å²) in [6, 6.07) is 4.83. The zero-order valence-electron chi connectivity index (χ0n) is 14.4. The molecule has 0 spiro atoms. The first-order chi connectivity index (χ1) is 12.0. The first-order valence-electron chi connectivity index (χ1n) is 8.50. The van der Waals surface area contributed by atoms with E-state index in [1.807, 2.05) is 0 Å². The van der Waals surface area contributed by atoms with Gasteiger partial charge in [-0.05, 0) is 50.3 Å². The van der Waals surface area contributed by atoms with E-state index in [1.165, 1.54) is 25.5 Å². The van der Waals surface area contributed by atoms with E-state index in [0.29, 0.717) is 28.7 Å². The third-order valence-corrected chi connectivity index (χ3v) is 5.09. The molecule has 25 heavy (non-hydrogen) atoms. The average molecular weight is 384 g/mol. The number of ether oxygens (including phenoxy) is 1. The third kappa shape index (κ3) is 6.05. The number of carbonyl (C=O) groups excluding carboxylic acids is 2. The molecule has 1 aliphatic carbocycles. The Morgan fingerprint density at radius 1 is 1.16 bits per heavy atom. The van der Waals surface area contributed by atoms with Crippen LogP contribution in [-0.2, 0) is 9.53 Å². The van der Waals surface area contributed by atoms with E-state index in [1.54, 1.807) is 23.1 Å². The van der Waals surface area contributed by atoms with Crippen molar-refractivity contribution in [3.8, 4) is 0 Å². The quantitative estimate of drug-likeness (QED) is 0.497. The number of halogens is 2. The second-order valence-corrected chi connectivity index (χ2v) is 6.92. The van der Waals surface area contributed by atoms with Gasteiger partial charge in [-0.2, -0.15) is 0 Å². The second-order valence-electron chi connectivity index (χ2n) is 6.11. The molecule has 0 heterocycles. The van der Waals surface area contributed by atoms with Crippen LogP contribution < -0.4 is 0 Å². The van der Waals surface area contributed by atoms with Crippen molar-refractivity contribution in [1.82, 2.24) is 4.90 Å². The van der Waals surface area contributed by atoms with Gasteiger partial charge >= 0.3 is 5.97 Å². The molecule has 136 valence electrons. The van der Waals surface area contributed by atoms with Gasteiger partial charge in [-0.25, -0.2) is 0 Å². The lowest BCUT2D eigenvalue weighted by Crippen LogP contribution is -2.34. The molecule has 1 aliphatic rings. The maximum atomic E-state index is 12.8. The maximum Gasteiger partial charge on any atom is 0.307 e. The Kier molecular flexibility index (Phi) is 7.79. The fraction of sp³-hybridized carbons (Fsp3) is 0.474. The molecule has 0 aromatic heterocycles. The molecule has 1 amide bonds. The molecule has 0 saturated heterocycles. The Bertz CT molecular complexity index is 658. The van der Waals surface area contributed by atoms with Gasteiger partial charge in [0.1, 0.15) is 0 Å². The number of amides is 1. The zero-order chi connectivity index (χ0) is 18.2. The van der Waals surface area contributed by atoms with Crippen molar-refractivity contribution in [3.05, 3.63) is 45.5 Å². The largest absolute Gasteiger partial charge is 0.469 e. The highest BCUT2D eigenvalue weighted by Gasteiger charge is 2.19. The van der Waals surface area contributed by atoms with E-state index >= 15 is 0 Å². The van der Waals surface area contributed by atoms with Crippen LogP contribution in [0.3, 0.4) is 0 Å². The monoisotopic (exact) mass is 383 g/mol. The lowest BCUT2D eigenvalue weighted by Gasteiger charge is -2.24. The standard InChI is InChI=1S/C19H23Cl2NO3/c1-25-18(23)10-12-22(11-9-14-5-3-2-4-6-14)19(24)15-7-8-16(20)17(21)13-15/h5,7-8,13H,2-4,6,9-12H2,1H3. The van der Waals surface area contributed by atoms with Crippen molar-refractivity contribution in [1.29, 1.82) is 0 Å². The van der Waals surface area contributed by atoms with Crippen LogP contribution in [0.25, 0.3) is 0 Å². The van der Waals surface area contributed by atoms with Gasteiger partial charge in [-0.1, -0.05) is 34.9 Å². The zero-order valence-corrected chi connectivity index (χ0v) is 15.9. The van der Waals surface area contributed by atoms with Gasteiger partial charge in [0.2, 0.25) is 0 Å². The van der Waals surface area contributed by atoms with Gasteiger partial charge in [-0.3, -0.25) is 9.59 Å². The number of nitrogens with zero attached hydrogens (tertiary/aromatic N) is 1. The molecule has 0 radical (unpaired) electrons. The summed E-state index contributed by atoms with van der Waals surface area (Å²) in [5, 5.41) is 0.752. The Balaban J connectivity index is 2.08. The third-order valence-electron chi connectivity index (χ3n) is 4.36. The number of carbonyl (C=O) groups is 2. The molecule has 0 atom stereocenters. The van der Waals surface area contributed by atoms with Crippen molar-refractivity contribution >= 4 is 35.1 Å². The number of hydrogen-bond donors (Lipinski definition) is 0. The summed E-state index contributed by atoms with van der Waals surface area (Å²) < 4.78 is 4.69. The van der Waals surface area contributed by atoms with E-state index in [0.717, 1.165) is 19.3 Å². The molecule has 0 N–H and O–H groups in total. The van der Waals surface area contributed by atoms with E-state index < -0.39 is 0 Å². The average Bonchev–Trinajstić information content (AvgIpc) is 2.64. The minimum absolute atomic E-state index is 0.154. The van der Waals surface area contributed by atoms with Crippen LogP contribution in [0.1, 0.15) is 48.9 Å². The summed E-state index contributed by atoms with van der Waals surface area (Å²) in [7, 11) is 1.35. The Hall–Kier alpha value is -1.52. The maximum absolute atomic E-state index is 12.8. The summed E-state index contributed by atoms with van der Waals surface area (Å²) in [6.45, 7) is 0.890. The van der Waals surface area contributed by atoms with Gasteiger partial charge in [0, 0.05) is 18.7 Å². The van der Waals surface area contributed by atoms with Gasteiger partial charge in [-0.15, -0.1) is 0 Å². The first kappa shape index (κ1) is 19.8. The van der Waals surface area contributed by atoms with Crippen molar-refractivity contribution in [2.75, 3.05) is 20.2 Å². The van der Waals surface area contributed by atoms with Crippen molar-refractivity contribution in [3.63, 3.8) is 0 Å². The highest BCUT2D eigenvalue weighted by molar-refractivity contribution is 6.42. The molecule has 0 bridgehead atoms. The number of allylic oxidation sites excluding steroid dienone is 1. The highest BCUT2D eigenvalue weighted by Crippen LogP contribution is 2.24. The van der Waals surface area contributed by atoms with E-state index in [9.17, 15) is 9.59 Å². The minimum atomic E-state index is -0.330. The van der Waals surface area contributed by atoms with Crippen molar-refractivity contribution in [2.24, 2.45) is 0 Å². The molecule has 1 aromatic rings. The van der Waals surface area contributed by atoms with Gasteiger partial charge in [0.05, 0.1) is 23.6 Å². The van der Waals surface area contributed by atoms with Crippen LogP contribution in [0.5, 0.6) is 0 Å². The van der Waals surface area contributed by atoms with Gasteiger partial charge in [0.15, 0.2) is 0 Å². The minimum Gasteiger partial charge on any atom is -0.469 e. The molecule has 2 rings (SSSR count). The van der Waals surface area contributed by atoms with Crippen LogP contribution >= 0.6 is 23.2 Å². The number of rotatable bonds is 7. The van der Waals surface area contributed by atoms with Crippen LogP contribution in [0.15, 0.2) is 29.8 Å². The summed E-state index contributed by atoms with van der Waals surface area (Å²) in [5.41, 5.74) is 1.85. The predicted molar refractivity (Wildman–Crippen MR) is 100 cm³/mol. The van der Waals surface area contributed by atoms with Gasteiger partial charge in [0.25, 0.3) is 5.91 Å². The molecular formula is C19H23Cl2NO3. The van der Waals surface area contributed by atoms with Crippen molar-refractivity contribution in [2.45, 2.75) is 38.5 Å². The van der Waals surface area contributed by atoms with Crippen LogP contribution in [0, 0.1) is 0 Å². The van der Waals surface area contributed by atoms with Crippen molar-refractivity contribution < 1.29 is 14.3 Å². The summed E-state index contributed by atoms with van der Waals surface area (Å²) in [4.78, 5) is 26.0. The normalized spacial score (nSPS) is 14.0. The number of benzene rings is 1. The molecule has 0 aliphatic heterocycles. The van der Waals surface area contributed by atoms with E-state index in [-0.39, 0.29) is 18.3 Å². The Labute approximate surface area is 158 Å². The smallest absolute Gasteiger partial charge is 0.307 e. The summed E-state index contributed by atoms with van der Waals surface area (Å²) in [5.74, 6) is -0.484. The molecule has 1 aromatic carbocycles. The Morgan fingerprint density at radius 3 is 2.60 bits per heavy atom. The molecule has 0 fully saturated rings. The van der Waals surface area contributed by atoms with Crippen LogP contribution in [-0.4, -0.2) is 37.0 Å². The molecule has 4 nitrogen and oxygen atoms in total. The molecular weight excluding hydrogens is 361 g/mol. The van der Waals surface area contributed by atoms with E-state index in [2.05, 4.69) is 10.8 Å². The van der Waals surface area contributed by atoms with Crippen LogP contribution in [0.2, 0.25) is 10.0 Å². The fourth-order valence-corrected chi connectivity index (χ4v) is 3.16. The summed E-state index contributed by atoms with van der Waals surface area (Å²) in [6.07, 6.45) is 7.90. The molecule has 0 saturated carbocycles. The first-order valence-corrected chi connectivity index (χ1v) is 9.26. The lowest BCUT2D eigenvalue weighted by molar-refractivity contribution is -0.140. The molecule has 6 heteroatoms. The highest BCUT2D eigenvalue weighted by atomic mass is 35.5. The fourth-order valence-electron chi connectivity index (χ4n) is 2.87. The number of hydrogen-bond acceptors (Lipinski definition) is 3. The number of esters is 1. The van der Waals surface area contributed by atoms with E-state index in [4.69, 9.17) is 23.2 Å². The second kappa shape index (κ2) is 9.83. The Morgan fingerprint density at radius 2 is 1.96 bits per heavy atom. The number of methoxy groups -OCH3 is 1. The predicted octanol–water partition coefficient (Wildman–Crippen LogP) is 4.89.